The predicted molar refractivity (Wildman–Crippen MR) is 117 cm³/mol. The fraction of sp³-hybridized carbons (Fsp3) is 0.167. The van der Waals surface area contributed by atoms with Crippen molar-refractivity contribution in [3.63, 3.8) is 0 Å². The zero-order valence-corrected chi connectivity index (χ0v) is 17.8. The fourth-order valence-corrected chi connectivity index (χ4v) is 3.77. The Morgan fingerprint density at radius 2 is 1.68 bits per heavy atom. The van der Waals surface area contributed by atoms with Crippen molar-refractivity contribution in [2.24, 2.45) is 5.10 Å². The van der Waals surface area contributed by atoms with Crippen molar-refractivity contribution in [2.75, 3.05) is 14.2 Å². The van der Waals surface area contributed by atoms with E-state index in [0.29, 0.717) is 34.2 Å². The number of hydrogen-bond donors (Lipinski definition) is 0. The lowest BCUT2D eigenvalue weighted by molar-refractivity contribution is 0.0711. The third-order valence-electron chi connectivity index (χ3n) is 5.16. The van der Waals surface area contributed by atoms with Gasteiger partial charge in [0.05, 0.1) is 36.6 Å². The van der Waals surface area contributed by atoms with E-state index in [-0.39, 0.29) is 11.7 Å². The summed E-state index contributed by atoms with van der Waals surface area (Å²) in [6, 6.07) is 18.0. The first-order chi connectivity index (χ1) is 15.0. The van der Waals surface area contributed by atoms with Gasteiger partial charge >= 0.3 is 0 Å². The Morgan fingerprint density at radius 3 is 2.29 bits per heavy atom. The highest BCUT2D eigenvalue weighted by molar-refractivity contribution is 6.33. The maximum Gasteiger partial charge on any atom is 0.276 e. The van der Waals surface area contributed by atoms with Gasteiger partial charge in [0.2, 0.25) is 0 Å². The van der Waals surface area contributed by atoms with Crippen LogP contribution in [0, 0.1) is 5.82 Å². The van der Waals surface area contributed by atoms with Crippen LogP contribution < -0.4 is 9.47 Å². The first-order valence-corrected chi connectivity index (χ1v) is 10.0. The van der Waals surface area contributed by atoms with Crippen molar-refractivity contribution in [1.29, 1.82) is 0 Å². The molecule has 0 saturated heterocycles. The average molecular weight is 439 g/mol. The number of hydrazone groups is 1. The molecule has 0 aromatic heterocycles. The zero-order chi connectivity index (χ0) is 22.0. The van der Waals surface area contributed by atoms with Gasteiger partial charge in [-0.05, 0) is 42.0 Å². The van der Waals surface area contributed by atoms with Crippen LogP contribution >= 0.6 is 11.6 Å². The molecule has 0 saturated carbocycles. The number of benzene rings is 3. The molecule has 31 heavy (non-hydrogen) atoms. The molecular formula is C24H20ClFN2O3. The van der Waals surface area contributed by atoms with E-state index < -0.39 is 6.04 Å². The number of ether oxygens (including phenoxy) is 2. The summed E-state index contributed by atoms with van der Waals surface area (Å²) in [5.41, 5.74) is 2.59. The number of nitrogens with zero attached hydrogens (tertiary/aromatic N) is 2. The van der Waals surface area contributed by atoms with E-state index >= 15 is 0 Å². The molecule has 4 rings (SSSR count). The lowest BCUT2D eigenvalue weighted by Crippen LogP contribution is -2.27. The summed E-state index contributed by atoms with van der Waals surface area (Å²) in [6.45, 7) is 0. The van der Waals surface area contributed by atoms with E-state index in [2.05, 4.69) is 5.10 Å². The molecule has 3 aromatic carbocycles. The summed E-state index contributed by atoms with van der Waals surface area (Å²) in [4.78, 5) is 13.4. The van der Waals surface area contributed by atoms with Gasteiger partial charge in [-0.2, -0.15) is 5.10 Å². The molecule has 1 aliphatic rings. The van der Waals surface area contributed by atoms with E-state index in [1.807, 2.05) is 12.1 Å². The van der Waals surface area contributed by atoms with E-state index in [4.69, 9.17) is 21.1 Å². The minimum Gasteiger partial charge on any atom is -0.497 e. The molecule has 0 fully saturated rings. The van der Waals surface area contributed by atoms with Gasteiger partial charge in [-0.15, -0.1) is 0 Å². The number of hydrogen-bond acceptors (Lipinski definition) is 4. The van der Waals surface area contributed by atoms with Gasteiger partial charge in [-0.25, -0.2) is 9.40 Å². The second kappa shape index (κ2) is 8.78. The SMILES string of the molecule is COc1cc(OC)cc(C2=NN(C(=O)c3ccccc3Cl)[C@H](c3ccc(F)cc3)C2)c1. The van der Waals surface area contributed by atoms with Gasteiger partial charge < -0.3 is 9.47 Å². The van der Waals surface area contributed by atoms with Gasteiger partial charge in [0.1, 0.15) is 17.3 Å². The minimum atomic E-state index is -0.406. The van der Waals surface area contributed by atoms with E-state index in [1.165, 1.54) is 17.1 Å². The molecule has 1 aliphatic heterocycles. The van der Waals surface area contributed by atoms with Crippen LogP contribution in [-0.2, 0) is 0 Å². The molecule has 0 spiro atoms. The van der Waals surface area contributed by atoms with Gasteiger partial charge in [0, 0.05) is 18.1 Å². The summed E-state index contributed by atoms with van der Waals surface area (Å²) < 4.78 is 24.2. The Labute approximate surface area is 184 Å². The summed E-state index contributed by atoms with van der Waals surface area (Å²) >= 11 is 6.27. The summed E-state index contributed by atoms with van der Waals surface area (Å²) in [6.07, 6.45) is 0.443. The third kappa shape index (κ3) is 4.25. The molecule has 5 nitrogen and oxygen atoms in total. The minimum absolute atomic E-state index is 0.329. The largest absolute Gasteiger partial charge is 0.497 e. The molecule has 0 radical (unpaired) electrons. The Balaban J connectivity index is 1.78. The second-order valence-electron chi connectivity index (χ2n) is 7.05. The molecular weight excluding hydrogens is 419 g/mol. The topological polar surface area (TPSA) is 51.1 Å². The molecule has 0 N–H and O–H groups in total. The van der Waals surface area contributed by atoms with Gasteiger partial charge in [-0.3, -0.25) is 4.79 Å². The van der Waals surface area contributed by atoms with E-state index in [1.54, 1.807) is 56.7 Å². The molecule has 158 valence electrons. The van der Waals surface area contributed by atoms with E-state index in [9.17, 15) is 9.18 Å². The maximum absolute atomic E-state index is 13.5. The van der Waals surface area contributed by atoms with Gasteiger partial charge in [0.25, 0.3) is 5.91 Å². The predicted octanol–water partition coefficient (Wildman–Crippen LogP) is 5.49. The molecule has 0 unspecified atom stereocenters. The summed E-state index contributed by atoms with van der Waals surface area (Å²) in [5.74, 6) is 0.562. The van der Waals surface area contributed by atoms with Crippen LogP contribution in [0.3, 0.4) is 0 Å². The van der Waals surface area contributed by atoms with Crippen molar-refractivity contribution in [3.05, 3.63) is 94.3 Å². The smallest absolute Gasteiger partial charge is 0.276 e. The monoisotopic (exact) mass is 438 g/mol. The molecule has 1 amide bonds. The number of methoxy groups -OCH3 is 2. The summed E-state index contributed by atoms with van der Waals surface area (Å²) in [5, 5.41) is 6.40. The number of carbonyl (C=O) groups is 1. The Bertz CT molecular complexity index is 1130. The van der Waals surface area contributed by atoms with Gasteiger partial charge in [-0.1, -0.05) is 35.9 Å². The number of carbonyl (C=O) groups excluding carboxylic acids is 1. The third-order valence-corrected chi connectivity index (χ3v) is 5.49. The Kier molecular flexibility index (Phi) is 5.91. The normalized spacial score (nSPS) is 15.5. The molecule has 3 aromatic rings. The lowest BCUT2D eigenvalue weighted by Gasteiger charge is -2.22. The number of amides is 1. The molecule has 1 heterocycles. The van der Waals surface area contributed by atoms with Crippen LogP contribution in [0.25, 0.3) is 0 Å². The highest BCUT2D eigenvalue weighted by atomic mass is 35.5. The number of rotatable bonds is 5. The molecule has 0 aliphatic carbocycles. The molecule has 7 heteroatoms. The van der Waals surface area contributed by atoms with Crippen LogP contribution in [0.2, 0.25) is 5.02 Å². The maximum atomic E-state index is 13.5. The van der Waals surface area contributed by atoms with E-state index in [0.717, 1.165) is 11.1 Å². The first-order valence-electron chi connectivity index (χ1n) is 9.64. The highest BCUT2D eigenvalue weighted by Gasteiger charge is 2.34. The van der Waals surface area contributed by atoms with Crippen molar-refractivity contribution in [3.8, 4) is 11.5 Å². The van der Waals surface area contributed by atoms with Crippen LogP contribution in [0.4, 0.5) is 4.39 Å². The Hall–Kier alpha value is -3.38. The second-order valence-corrected chi connectivity index (χ2v) is 7.46. The quantitative estimate of drug-likeness (QED) is 0.529. The average Bonchev–Trinajstić information content (AvgIpc) is 3.24. The first kappa shape index (κ1) is 20.9. The van der Waals surface area contributed by atoms with Crippen LogP contribution in [0.15, 0.2) is 71.8 Å². The van der Waals surface area contributed by atoms with Crippen molar-refractivity contribution < 1.29 is 18.7 Å². The fourth-order valence-electron chi connectivity index (χ4n) is 3.55. The standard InChI is InChI=1S/C24H20ClFN2O3/c1-30-18-11-16(12-19(13-18)31-2)22-14-23(15-7-9-17(26)10-8-15)28(27-22)24(29)20-5-3-4-6-21(20)25/h3-13,23H,14H2,1-2H3/t23-/m0/s1. The molecule has 1 atom stereocenters. The lowest BCUT2D eigenvalue weighted by atomic mass is 9.97. The van der Waals surface area contributed by atoms with Crippen LogP contribution in [0.5, 0.6) is 11.5 Å². The van der Waals surface area contributed by atoms with Crippen molar-refractivity contribution in [2.45, 2.75) is 12.5 Å². The van der Waals surface area contributed by atoms with Crippen molar-refractivity contribution in [1.82, 2.24) is 5.01 Å². The summed E-state index contributed by atoms with van der Waals surface area (Å²) in [7, 11) is 3.15. The van der Waals surface area contributed by atoms with Crippen LogP contribution in [0.1, 0.15) is 33.9 Å². The Morgan fingerprint density at radius 1 is 1.03 bits per heavy atom. The molecule has 0 bridgehead atoms. The van der Waals surface area contributed by atoms with Crippen LogP contribution in [-0.4, -0.2) is 30.8 Å². The number of halogens is 2. The highest BCUT2D eigenvalue weighted by Crippen LogP contribution is 2.36. The van der Waals surface area contributed by atoms with Crippen molar-refractivity contribution >= 4 is 23.2 Å². The van der Waals surface area contributed by atoms with Gasteiger partial charge in [0.15, 0.2) is 0 Å². The zero-order valence-electron chi connectivity index (χ0n) is 17.0.